The molecule has 1 amide bonds. The van der Waals surface area contributed by atoms with Gasteiger partial charge in [-0.25, -0.2) is 0 Å². The summed E-state index contributed by atoms with van der Waals surface area (Å²) in [5.74, 6) is 0.290. The molecule has 2 N–H and O–H groups in total. The summed E-state index contributed by atoms with van der Waals surface area (Å²) in [6.45, 7) is 2.12. The minimum atomic E-state index is 0.0646. The fourth-order valence-corrected chi connectivity index (χ4v) is 2.85. The van der Waals surface area contributed by atoms with Crippen molar-refractivity contribution in [1.29, 1.82) is 0 Å². The van der Waals surface area contributed by atoms with Crippen LogP contribution in [-0.2, 0) is 4.79 Å². The summed E-state index contributed by atoms with van der Waals surface area (Å²) in [7, 11) is 0. The van der Waals surface area contributed by atoms with Crippen LogP contribution in [0.1, 0.15) is 38.5 Å². The molecule has 16 heavy (non-hydrogen) atoms. The molecule has 92 valence electrons. The maximum Gasteiger partial charge on any atom is 0.239 e. The Kier molecular flexibility index (Phi) is 4.18. The zero-order chi connectivity index (χ0) is 11.4. The molecular formula is C12H22N2O2. The number of carbonyl (C=O) groups is 1. The Balaban J connectivity index is 1.88. The van der Waals surface area contributed by atoms with Crippen LogP contribution in [0.25, 0.3) is 0 Å². The van der Waals surface area contributed by atoms with Crippen molar-refractivity contribution in [3.8, 4) is 0 Å². The van der Waals surface area contributed by atoms with Crippen molar-refractivity contribution < 1.29 is 9.90 Å². The second kappa shape index (κ2) is 5.64. The van der Waals surface area contributed by atoms with Crippen LogP contribution in [0.15, 0.2) is 0 Å². The van der Waals surface area contributed by atoms with E-state index < -0.39 is 0 Å². The van der Waals surface area contributed by atoms with Gasteiger partial charge in [0, 0.05) is 19.2 Å². The lowest BCUT2D eigenvalue weighted by Gasteiger charge is -2.27. The van der Waals surface area contributed by atoms with Crippen molar-refractivity contribution in [3.63, 3.8) is 0 Å². The summed E-state index contributed by atoms with van der Waals surface area (Å²) >= 11 is 0. The third-order valence-corrected chi connectivity index (χ3v) is 3.71. The Bertz CT molecular complexity index is 239. The molecule has 2 aliphatic heterocycles. The predicted molar refractivity (Wildman–Crippen MR) is 62.1 cm³/mol. The van der Waals surface area contributed by atoms with Gasteiger partial charge in [0.2, 0.25) is 5.91 Å². The highest BCUT2D eigenvalue weighted by Crippen LogP contribution is 2.23. The number of carbonyl (C=O) groups excluding carboxylic acids is 1. The summed E-state index contributed by atoms with van der Waals surface area (Å²) in [5, 5.41) is 12.1. The van der Waals surface area contributed by atoms with Crippen molar-refractivity contribution in [2.45, 2.75) is 50.6 Å². The molecule has 0 saturated carbocycles. The van der Waals surface area contributed by atoms with E-state index in [1.54, 1.807) is 0 Å². The lowest BCUT2D eigenvalue weighted by molar-refractivity contribution is -0.134. The summed E-state index contributed by atoms with van der Waals surface area (Å²) in [5.41, 5.74) is 0. The number of nitrogens with one attached hydrogen (secondary N) is 1. The number of hydrogen-bond acceptors (Lipinski definition) is 3. The van der Waals surface area contributed by atoms with Gasteiger partial charge in [-0.1, -0.05) is 0 Å². The van der Waals surface area contributed by atoms with Crippen LogP contribution in [0.3, 0.4) is 0 Å². The van der Waals surface area contributed by atoms with E-state index in [9.17, 15) is 4.79 Å². The largest absolute Gasteiger partial charge is 0.396 e. The predicted octanol–water partition coefficient (Wildman–Crippen LogP) is 0.502. The van der Waals surface area contributed by atoms with Gasteiger partial charge in [0.25, 0.3) is 0 Å². The van der Waals surface area contributed by atoms with E-state index in [2.05, 4.69) is 5.32 Å². The van der Waals surface area contributed by atoms with Crippen LogP contribution < -0.4 is 5.32 Å². The first kappa shape index (κ1) is 11.9. The third-order valence-electron chi connectivity index (χ3n) is 3.71. The molecule has 0 aliphatic carbocycles. The normalized spacial score (nSPS) is 29.9. The van der Waals surface area contributed by atoms with Gasteiger partial charge in [-0.3, -0.25) is 4.79 Å². The van der Waals surface area contributed by atoms with Gasteiger partial charge in [0.05, 0.1) is 6.04 Å². The monoisotopic (exact) mass is 226 g/mol. The van der Waals surface area contributed by atoms with Gasteiger partial charge in [-0.05, 0) is 45.1 Å². The van der Waals surface area contributed by atoms with Crippen LogP contribution in [0.2, 0.25) is 0 Å². The molecule has 0 spiro atoms. The molecule has 2 heterocycles. The Morgan fingerprint density at radius 1 is 1.38 bits per heavy atom. The minimum absolute atomic E-state index is 0.0646. The fourth-order valence-electron chi connectivity index (χ4n) is 2.85. The van der Waals surface area contributed by atoms with Gasteiger partial charge in [-0.2, -0.15) is 0 Å². The first-order chi connectivity index (χ1) is 7.83. The van der Waals surface area contributed by atoms with Crippen LogP contribution >= 0.6 is 0 Å². The molecule has 2 aliphatic rings. The fraction of sp³-hybridized carbons (Fsp3) is 0.917. The zero-order valence-corrected chi connectivity index (χ0v) is 9.82. The summed E-state index contributed by atoms with van der Waals surface area (Å²) in [6, 6.07) is 0.441. The molecule has 4 nitrogen and oxygen atoms in total. The Morgan fingerprint density at radius 3 is 2.94 bits per heavy atom. The number of nitrogens with zero attached hydrogens (tertiary/aromatic N) is 1. The molecule has 2 rings (SSSR count). The Hall–Kier alpha value is -0.610. The maximum absolute atomic E-state index is 12.2. The number of aliphatic hydroxyl groups excluding tert-OH is 1. The number of rotatable bonds is 4. The third kappa shape index (κ3) is 2.55. The molecule has 0 bridgehead atoms. The SMILES string of the molecule is O=C([C@H]1CCCN1)N1CCCC1CCCO. The molecule has 2 saturated heterocycles. The molecule has 0 aromatic rings. The standard InChI is InChI=1S/C12H22N2O2/c15-9-3-5-10-4-2-8-14(10)12(16)11-6-1-7-13-11/h10-11,13,15H,1-9H2/t10?,11-/m1/s1. The molecule has 2 fully saturated rings. The van der Waals surface area contributed by atoms with Crippen molar-refractivity contribution in [2.75, 3.05) is 19.7 Å². The molecular weight excluding hydrogens is 204 g/mol. The average molecular weight is 226 g/mol. The molecule has 0 radical (unpaired) electrons. The first-order valence-corrected chi connectivity index (χ1v) is 6.47. The zero-order valence-electron chi connectivity index (χ0n) is 9.82. The van der Waals surface area contributed by atoms with Crippen LogP contribution in [0.5, 0.6) is 0 Å². The lowest BCUT2D eigenvalue weighted by atomic mass is 10.1. The van der Waals surface area contributed by atoms with Gasteiger partial charge in [0.1, 0.15) is 0 Å². The quantitative estimate of drug-likeness (QED) is 0.734. The number of amides is 1. The van der Waals surface area contributed by atoms with Crippen molar-refractivity contribution >= 4 is 5.91 Å². The van der Waals surface area contributed by atoms with Crippen LogP contribution in [-0.4, -0.2) is 47.7 Å². The number of likely N-dealkylation sites (tertiary alicyclic amines) is 1. The maximum atomic E-state index is 12.2. The van der Waals surface area contributed by atoms with E-state index in [-0.39, 0.29) is 18.6 Å². The van der Waals surface area contributed by atoms with Crippen LogP contribution in [0, 0.1) is 0 Å². The molecule has 0 aromatic carbocycles. The van der Waals surface area contributed by atoms with E-state index >= 15 is 0 Å². The van der Waals surface area contributed by atoms with Gasteiger partial charge in [0.15, 0.2) is 0 Å². The van der Waals surface area contributed by atoms with E-state index in [0.29, 0.717) is 6.04 Å². The highest BCUT2D eigenvalue weighted by Gasteiger charge is 2.33. The lowest BCUT2D eigenvalue weighted by Crippen LogP contribution is -2.45. The van der Waals surface area contributed by atoms with Crippen LogP contribution in [0.4, 0.5) is 0 Å². The second-order valence-electron chi connectivity index (χ2n) is 4.84. The molecule has 4 heteroatoms. The molecule has 1 unspecified atom stereocenters. The average Bonchev–Trinajstić information content (AvgIpc) is 2.96. The van der Waals surface area contributed by atoms with E-state index in [1.165, 1.54) is 0 Å². The molecule has 0 aromatic heterocycles. The second-order valence-corrected chi connectivity index (χ2v) is 4.84. The minimum Gasteiger partial charge on any atom is -0.396 e. The van der Waals surface area contributed by atoms with E-state index in [1.807, 2.05) is 4.90 Å². The highest BCUT2D eigenvalue weighted by atomic mass is 16.3. The summed E-state index contributed by atoms with van der Waals surface area (Å²) < 4.78 is 0. The topological polar surface area (TPSA) is 52.6 Å². The van der Waals surface area contributed by atoms with Gasteiger partial charge < -0.3 is 15.3 Å². The van der Waals surface area contributed by atoms with Gasteiger partial charge >= 0.3 is 0 Å². The number of hydrogen-bond donors (Lipinski definition) is 2. The number of aliphatic hydroxyl groups is 1. The highest BCUT2D eigenvalue weighted by molar-refractivity contribution is 5.82. The summed E-state index contributed by atoms with van der Waals surface area (Å²) in [4.78, 5) is 14.3. The van der Waals surface area contributed by atoms with E-state index in [4.69, 9.17) is 5.11 Å². The molecule has 2 atom stereocenters. The van der Waals surface area contributed by atoms with E-state index in [0.717, 1.165) is 51.6 Å². The summed E-state index contributed by atoms with van der Waals surface area (Å²) in [6.07, 6.45) is 6.10. The Morgan fingerprint density at radius 2 is 2.25 bits per heavy atom. The van der Waals surface area contributed by atoms with Crippen molar-refractivity contribution in [1.82, 2.24) is 10.2 Å². The smallest absolute Gasteiger partial charge is 0.239 e. The Labute approximate surface area is 97.0 Å². The van der Waals surface area contributed by atoms with Crippen molar-refractivity contribution in [3.05, 3.63) is 0 Å². The van der Waals surface area contributed by atoms with Gasteiger partial charge in [-0.15, -0.1) is 0 Å². The van der Waals surface area contributed by atoms with Crippen molar-refractivity contribution in [2.24, 2.45) is 0 Å². The first-order valence-electron chi connectivity index (χ1n) is 6.47.